The molecule has 8 nitrogen and oxygen atoms in total. The molecule has 2 heterocycles. The molecule has 2 aromatic heterocycles. The lowest BCUT2D eigenvalue weighted by molar-refractivity contribution is -0.138. The van der Waals surface area contributed by atoms with E-state index in [1.165, 1.54) is 0 Å². The molecule has 0 fully saturated rings. The monoisotopic (exact) mass is 534 g/mol. The van der Waals surface area contributed by atoms with Crippen molar-refractivity contribution >= 4 is 29.1 Å². The summed E-state index contributed by atoms with van der Waals surface area (Å²) in [6.45, 7) is 3.20. The number of hydrogen-bond acceptors (Lipinski definition) is 6. The molecule has 1 amide bonds. The Morgan fingerprint density at radius 2 is 1.92 bits per heavy atom. The molecule has 1 N–H and O–H groups in total. The number of fused-ring (bicyclic) bond motifs is 1. The highest BCUT2D eigenvalue weighted by atomic mass is 35.5. The van der Waals surface area contributed by atoms with Gasteiger partial charge in [0, 0.05) is 32.1 Å². The average molecular weight is 535 g/mol. The number of carbonyl (C=O) groups excluding carboxylic acids is 1. The number of ether oxygens (including phenoxy) is 1. The van der Waals surface area contributed by atoms with E-state index in [9.17, 15) is 18.0 Å². The van der Waals surface area contributed by atoms with Crippen LogP contribution in [0.1, 0.15) is 33.1 Å². The Balaban J connectivity index is 1.88. The molecule has 3 rings (SSSR count). The largest absolute Gasteiger partial charge is 0.493 e. The van der Waals surface area contributed by atoms with E-state index in [4.69, 9.17) is 16.3 Å². The van der Waals surface area contributed by atoms with Gasteiger partial charge in [-0.1, -0.05) is 18.5 Å². The van der Waals surface area contributed by atoms with Crippen molar-refractivity contribution in [1.82, 2.24) is 24.5 Å². The number of alkyl halides is 3. The van der Waals surface area contributed by atoms with E-state index in [2.05, 4.69) is 20.4 Å². The zero-order chi connectivity index (χ0) is 26.6. The first kappa shape index (κ1) is 27.4. The van der Waals surface area contributed by atoms with Crippen LogP contribution in [0.15, 0.2) is 18.5 Å². The van der Waals surface area contributed by atoms with E-state index in [0.29, 0.717) is 19.4 Å². The van der Waals surface area contributed by atoms with Gasteiger partial charge in [-0.15, -0.1) is 0 Å². The number of carbonyl (C=O) groups is 1. The van der Waals surface area contributed by atoms with Crippen LogP contribution in [0, 0.1) is 11.6 Å². The summed E-state index contributed by atoms with van der Waals surface area (Å²) in [5.74, 6) is -3.02. The molecule has 0 saturated heterocycles. The summed E-state index contributed by atoms with van der Waals surface area (Å²) in [5, 5.41) is 5.50. The second kappa shape index (κ2) is 11.2. The summed E-state index contributed by atoms with van der Waals surface area (Å²) >= 11 is 6.15. The van der Waals surface area contributed by atoms with Gasteiger partial charge < -0.3 is 15.0 Å². The minimum atomic E-state index is -4.68. The van der Waals surface area contributed by atoms with Gasteiger partial charge in [0.05, 0.1) is 17.7 Å². The summed E-state index contributed by atoms with van der Waals surface area (Å²) in [7, 11) is 1.65. The zero-order valence-corrected chi connectivity index (χ0v) is 20.4. The van der Waals surface area contributed by atoms with Gasteiger partial charge in [-0.25, -0.2) is 8.78 Å². The Labute approximate surface area is 208 Å². The van der Waals surface area contributed by atoms with E-state index in [1.54, 1.807) is 11.9 Å². The highest BCUT2D eigenvalue weighted by Crippen LogP contribution is 2.39. The molecule has 196 valence electrons. The second-order valence-corrected chi connectivity index (χ2v) is 8.39. The van der Waals surface area contributed by atoms with Gasteiger partial charge in [0.25, 0.3) is 5.78 Å². The van der Waals surface area contributed by atoms with E-state index >= 15 is 8.78 Å². The molecule has 0 radical (unpaired) electrons. The van der Waals surface area contributed by atoms with Crippen molar-refractivity contribution in [3.05, 3.63) is 35.2 Å². The summed E-state index contributed by atoms with van der Waals surface area (Å²) in [6, 6.07) is -0.329. The molecule has 0 saturated carbocycles. The van der Waals surface area contributed by atoms with Crippen LogP contribution in [-0.4, -0.2) is 62.8 Å². The van der Waals surface area contributed by atoms with Crippen molar-refractivity contribution in [2.75, 3.05) is 25.5 Å². The van der Waals surface area contributed by atoms with Crippen molar-refractivity contribution in [2.24, 2.45) is 0 Å². The van der Waals surface area contributed by atoms with E-state index < -0.39 is 46.0 Å². The number of hydrogen-bond donors (Lipinski definition) is 1. The highest BCUT2D eigenvalue weighted by Gasteiger charge is 2.37. The SMILES string of the molecule is CCCC(=O)N(C)CCCOc1cc(F)c(-c2c(Cl)nc3ncnn3c2N[C@@H](C)C(F)(F)F)c(F)c1. The fraction of sp³-hybridized carbons (Fsp3) is 0.455. The summed E-state index contributed by atoms with van der Waals surface area (Å²) in [6.07, 6.45) is -2.10. The number of benzene rings is 1. The molecule has 1 atom stereocenters. The normalized spacial score (nSPS) is 12.6. The van der Waals surface area contributed by atoms with Gasteiger partial charge in [-0.05, 0) is 19.8 Å². The van der Waals surface area contributed by atoms with Gasteiger partial charge in [0.15, 0.2) is 0 Å². The Bertz CT molecular complexity index is 1210. The number of halogens is 6. The quantitative estimate of drug-likeness (QED) is 0.221. The van der Waals surface area contributed by atoms with Crippen LogP contribution in [0.2, 0.25) is 5.15 Å². The number of nitrogens with one attached hydrogen (secondary N) is 1. The third-order valence-electron chi connectivity index (χ3n) is 5.29. The molecule has 0 spiro atoms. The number of rotatable bonds is 10. The summed E-state index contributed by atoms with van der Waals surface area (Å²) in [4.78, 5) is 21.0. The molecule has 36 heavy (non-hydrogen) atoms. The summed E-state index contributed by atoms with van der Waals surface area (Å²) in [5.41, 5.74) is -1.16. The third-order valence-corrected chi connectivity index (χ3v) is 5.56. The Hall–Kier alpha value is -3.22. The first-order chi connectivity index (χ1) is 16.9. The molecule has 0 unspecified atom stereocenters. The lowest BCUT2D eigenvalue weighted by Crippen LogP contribution is -2.34. The average Bonchev–Trinajstić information content (AvgIpc) is 3.25. The van der Waals surface area contributed by atoms with Crippen LogP contribution in [0.3, 0.4) is 0 Å². The lowest BCUT2D eigenvalue weighted by atomic mass is 10.1. The topological polar surface area (TPSA) is 84.7 Å². The summed E-state index contributed by atoms with van der Waals surface area (Å²) < 4.78 is 76.3. The fourth-order valence-electron chi connectivity index (χ4n) is 3.35. The van der Waals surface area contributed by atoms with Crippen molar-refractivity contribution in [1.29, 1.82) is 0 Å². The van der Waals surface area contributed by atoms with Gasteiger partial charge >= 0.3 is 6.18 Å². The van der Waals surface area contributed by atoms with Crippen LogP contribution in [0.4, 0.5) is 27.8 Å². The van der Waals surface area contributed by atoms with Crippen molar-refractivity contribution in [3.8, 4) is 16.9 Å². The maximum Gasteiger partial charge on any atom is 0.408 e. The van der Waals surface area contributed by atoms with Gasteiger partial charge in [-0.3, -0.25) is 4.79 Å². The fourth-order valence-corrected chi connectivity index (χ4v) is 3.61. The van der Waals surface area contributed by atoms with Crippen LogP contribution >= 0.6 is 11.6 Å². The van der Waals surface area contributed by atoms with Crippen LogP contribution in [0.5, 0.6) is 5.75 Å². The van der Waals surface area contributed by atoms with Gasteiger partial charge in [0.2, 0.25) is 5.91 Å². The lowest BCUT2D eigenvalue weighted by Gasteiger charge is -2.22. The molecule has 0 bridgehead atoms. The third kappa shape index (κ3) is 6.12. The molecule has 1 aromatic carbocycles. The second-order valence-electron chi connectivity index (χ2n) is 8.03. The Kier molecular flexibility index (Phi) is 8.54. The van der Waals surface area contributed by atoms with Crippen LogP contribution in [-0.2, 0) is 4.79 Å². The van der Waals surface area contributed by atoms with Crippen molar-refractivity contribution < 1.29 is 31.5 Å². The molecular weight excluding hydrogens is 511 g/mol. The maximum absolute atomic E-state index is 15.1. The molecule has 0 aliphatic carbocycles. The molecule has 3 aromatic rings. The standard InChI is InChI=1S/C22H24ClF5N6O2/c1-4-6-16(35)33(3)7-5-8-36-13-9-14(24)17(15(25)10-13)18-19(23)32-21-29-11-30-34(21)20(18)31-12(2)22(26,27)28/h9-12,31H,4-8H2,1-3H3/t12-/m0/s1. The van der Waals surface area contributed by atoms with Crippen LogP contribution in [0.25, 0.3) is 16.9 Å². The van der Waals surface area contributed by atoms with E-state index in [0.717, 1.165) is 36.3 Å². The van der Waals surface area contributed by atoms with Crippen molar-refractivity contribution in [3.63, 3.8) is 0 Å². The molecule has 14 heteroatoms. The minimum absolute atomic E-state index is 0.0157. The predicted molar refractivity (Wildman–Crippen MR) is 123 cm³/mol. The van der Waals surface area contributed by atoms with E-state index in [-0.39, 0.29) is 24.0 Å². The first-order valence-corrected chi connectivity index (χ1v) is 11.4. The molecule has 0 aliphatic rings. The maximum atomic E-state index is 15.1. The van der Waals surface area contributed by atoms with Gasteiger partial charge in [-0.2, -0.15) is 32.8 Å². The van der Waals surface area contributed by atoms with Gasteiger partial charge in [0.1, 0.15) is 40.7 Å². The zero-order valence-electron chi connectivity index (χ0n) is 19.7. The molecule has 0 aliphatic heterocycles. The highest BCUT2D eigenvalue weighted by molar-refractivity contribution is 6.33. The Morgan fingerprint density at radius 1 is 1.25 bits per heavy atom. The first-order valence-electron chi connectivity index (χ1n) is 11.0. The predicted octanol–water partition coefficient (Wildman–Crippen LogP) is 5.11. The smallest absolute Gasteiger partial charge is 0.408 e. The number of aromatic nitrogens is 4. The number of nitrogens with zero attached hydrogens (tertiary/aromatic N) is 5. The number of anilines is 1. The Morgan fingerprint density at radius 3 is 2.53 bits per heavy atom. The molecular formula is C22H24ClF5N6O2. The van der Waals surface area contributed by atoms with Crippen molar-refractivity contribution in [2.45, 2.75) is 45.3 Å². The number of amides is 1. The minimum Gasteiger partial charge on any atom is -0.493 e. The van der Waals surface area contributed by atoms with Crippen LogP contribution < -0.4 is 10.1 Å². The van der Waals surface area contributed by atoms with E-state index in [1.807, 2.05) is 6.92 Å².